The maximum atomic E-state index is 11.0. The number of phosphoric acid groups is 2. The highest BCUT2D eigenvalue weighted by molar-refractivity contribution is 7.60. The number of hydrogen-bond donors (Lipinski definition) is 3. The fourth-order valence-electron chi connectivity index (χ4n) is 1.38. The van der Waals surface area contributed by atoms with Crippen molar-refractivity contribution in [3.8, 4) is 0 Å². The van der Waals surface area contributed by atoms with Gasteiger partial charge in [0.15, 0.2) is 0 Å². The summed E-state index contributed by atoms with van der Waals surface area (Å²) in [6.07, 6.45) is 9.90. The monoisotopic (exact) mass is 316 g/mol. The van der Waals surface area contributed by atoms with Gasteiger partial charge in [0, 0.05) is 0 Å². The largest absolute Gasteiger partial charge is 0.535 e. The van der Waals surface area contributed by atoms with Crippen molar-refractivity contribution in [2.45, 2.75) is 51.9 Å². The van der Waals surface area contributed by atoms with Gasteiger partial charge in [0.25, 0.3) is 0 Å². The van der Waals surface area contributed by atoms with E-state index in [9.17, 15) is 9.13 Å². The summed E-state index contributed by atoms with van der Waals surface area (Å²) in [7, 11) is -9.77. The Kier molecular flexibility index (Phi) is 9.62. The Bertz CT molecular complexity index is 350. The van der Waals surface area contributed by atoms with Crippen LogP contribution >= 0.6 is 15.6 Å². The summed E-state index contributed by atoms with van der Waals surface area (Å²) in [6.45, 7) is 2.15. The standard InChI is InChI=1S/C10H22O7P2/c1-2-3-4-5-6-7-8-9-10-16-19(14,15)17-18(11,12)13/h9-10H,2-8H2,1H3,(H,14,15)(H2,11,12,13). The molecule has 19 heavy (non-hydrogen) atoms. The molecule has 7 nitrogen and oxygen atoms in total. The van der Waals surface area contributed by atoms with Gasteiger partial charge >= 0.3 is 15.6 Å². The van der Waals surface area contributed by atoms with Crippen molar-refractivity contribution in [2.24, 2.45) is 0 Å². The lowest BCUT2D eigenvalue weighted by Crippen LogP contribution is -1.88. The molecular weight excluding hydrogens is 294 g/mol. The summed E-state index contributed by atoms with van der Waals surface area (Å²) in [6, 6.07) is 0. The molecule has 0 aromatic rings. The molecule has 0 spiro atoms. The Morgan fingerprint density at radius 3 is 2.16 bits per heavy atom. The smallest absolute Gasteiger partial charge is 0.412 e. The van der Waals surface area contributed by atoms with Gasteiger partial charge < -0.3 is 14.3 Å². The van der Waals surface area contributed by atoms with E-state index in [4.69, 9.17) is 14.7 Å². The Morgan fingerprint density at radius 1 is 1.00 bits per heavy atom. The topological polar surface area (TPSA) is 113 Å². The molecule has 0 radical (unpaired) electrons. The van der Waals surface area contributed by atoms with Crippen LogP contribution in [-0.2, 0) is 18.0 Å². The molecule has 0 fully saturated rings. The molecular formula is C10H22O7P2. The van der Waals surface area contributed by atoms with E-state index in [-0.39, 0.29) is 0 Å². The lowest BCUT2D eigenvalue weighted by Gasteiger charge is -2.09. The number of rotatable bonds is 11. The molecule has 0 saturated carbocycles. The third-order valence-corrected chi connectivity index (χ3v) is 4.29. The number of phosphoric ester groups is 1. The number of hydrogen-bond acceptors (Lipinski definition) is 4. The molecule has 0 aromatic heterocycles. The van der Waals surface area contributed by atoms with E-state index in [2.05, 4.69) is 15.8 Å². The van der Waals surface area contributed by atoms with Gasteiger partial charge in [-0.2, -0.15) is 4.31 Å². The van der Waals surface area contributed by atoms with Crippen LogP contribution in [0.3, 0.4) is 0 Å². The second kappa shape index (κ2) is 9.70. The van der Waals surface area contributed by atoms with Gasteiger partial charge in [-0.25, -0.2) is 9.13 Å². The molecule has 0 aliphatic carbocycles. The summed E-state index contributed by atoms with van der Waals surface area (Å²) in [5, 5.41) is 0. The fourth-order valence-corrected chi connectivity index (χ4v) is 2.85. The summed E-state index contributed by atoms with van der Waals surface area (Å²) in [5.41, 5.74) is 0. The average Bonchev–Trinajstić information content (AvgIpc) is 2.23. The van der Waals surface area contributed by atoms with Gasteiger partial charge in [-0.05, 0) is 18.9 Å². The summed E-state index contributed by atoms with van der Waals surface area (Å²) >= 11 is 0. The first-order chi connectivity index (χ1) is 8.77. The van der Waals surface area contributed by atoms with E-state index in [1.165, 1.54) is 25.3 Å². The van der Waals surface area contributed by atoms with Gasteiger partial charge in [-0.15, -0.1) is 0 Å². The molecule has 0 aromatic carbocycles. The first-order valence-corrected chi connectivity index (χ1v) is 9.22. The SMILES string of the molecule is CCCCCCCCC=COP(=O)(O)OP(=O)(O)O. The Balaban J connectivity index is 3.68. The van der Waals surface area contributed by atoms with Gasteiger partial charge in [0.1, 0.15) is 0 Å². The average molecular weight is 316 g/mol. The molecule has 114 valence electrons. The zero-order chi connectivity index (χ0) is 14.8. The minimum Gasteiger partial charge on any atom is -0.412 e. The van der Waals surface area contributed by atoms with Crippen LogP contribution in [0.15, 0.2) is 12.3 Å². The molecule has 0 amide bonds. The Labute approximate surface area is 113 Å². The summed E-state index contributed by atoms with van der Waals surface area (Å²) < 4.78 is 29.2. The van der Waals surface area contributed by atoms with Crippen LogP contribution in [-0.4, -0.2) is 14.7 Å². The van der Waals surface area contributed by atoms with E-state index >= 15 is 0 Å². The molecule has 0 bridgehead atoms. The molecule has 1 atom stereocenters. The van der Waals surface area contributed by atoms with E-state index in [0.29, 0.717) is 6.42 Å². The predicted molar refractivity (Wildman–Crippen MR) is 71.2 cm³/mol. The molecule has 0 saturated heterocycles. The quantitative estimate of drug-likeness (QED) is 0.304. The molecule has 3 N–H and O–H groups in total. The van der Waals surface area contributed by atoms with Crippen molar-refractivity contribution in [1.82, 2.24) is 0 Å². The van der Waals surface area contributed by atoms with Gasteiger partial charge in [-0.3, -0.25) is 4.89 Å². The van der Waals surface area contributed by atoms with Crippen molar-refractivity contribution < 1.29 is 32.6 Å². The van der Waals surface area contributed by atoms with Crippen molar-refractivity contribution in [2.75, 3.05) is 0 Å². The maximum Gasteiger partial charge on any atom is 0.535 e. The summed E-state index contributed by atoms with van der Waals surface area (Å²) in [5.74, 6) is 0. The van der Waals surface area contributed by atoms with Gasteiger partial charge in [0.2, 0.25) is 0 Å². The van der Waals surface area contributed by atoms with Crippen LogP contribution in [0.4, 0.5) is 0 Å². The minimum atomic E-state index is -5.04. The molecule has 1 unspecified atom stereocenters. The van der Waals surface area contributed by atoms with E-state index in [0.717, 1.165) is 25.5 Å². The second-order valence-corrected chi connectivity index (χ2v) is 6.86. The maximum absolute atomic E-state index is 11.0. The molecule has 9 heteroatoms. The van der Waals surface area contributed by atoms with E-state index in [1.807, 2.05) is 0 Å². The Hall–Kier alpha value is -0.160. The van der Waals surface area contributed by atoms with Crippen LogP contribution in [0, 0.1) is 0 Å². The number of allylic oxidation sites excluding steroid dienone is 1. The molecule has 0 rings (SSSR count). The van der Waals surface area contributed by atoms with Crippen LogP contribution in [0.1, 0.15) is 51.9 Å². The van der Waals surface area contributed by atoms with Crippen LogP contribution in [0.2, 0.25) is 0 Å². The first-order valence-electron chi connectivity index (χ1n) is 6.20. The highest BCUT2D eigenvalue weighted by Gasteiger charge is 2.32. The number of unbranched alkanes of at least 4 members (excludes halogenated alkanes) is 6. The zero-order valence-electron chi connectivity index (χ0n) is 11.0. The van der Waals surface area contributed by atoms with E-state index in [1.54, 1.807) is 0 Å². The second-order valence-electron chi connectivity index (χ2n) is 4.07. The van der Waals surface area contributed by atoms with Gasteiger partial charge in [-0.1, -0.05) is 39.0 Å². The zero-order valence-corrected chi connectivity index (χ0v) is 12.8. The molecule has 0 aliphatic rings. The van der Waals surface area contributed by atoms with Gasteiger partial charge in [0.05, 0.1) is 6.26 Å². The van der Waals surface area contributed by atoms with Crippen molar-refractivity contribution >= 4 is 15.6 Å². The fraction of sp³-hybridized carbons (Fsp3) is 0.800. The van der Waals surface area contributed by atoms with Crippen LogP contribution in [0.5, 0.6) is 0 Å². The Morgan fingerprint density at radius 2 is 1.58 bits per heavy atom. The third-order valence-electron chi connectivity index (χ3n) is 2.22. The third kappa shape index (κ3) is 14.1. The lowest BCUT2D eigenvalue weighted by atomic mass is 10.1. The van der Waals surface area contributed by atoms with Crippen LogP contribution in [0.25, 0.3) is 0 Å². The van der Waals surface area contributed by atoms with Crippen LogP contribution < -0.4 is 0 Å². The highest BCUT2D eigenvalue weighted by atomic mass is 31.3. The molecule has 0 heterocycles. The predicted octanol–water partition coefficient (Wildman–Crippen LogP) is 3.48. The summed E-state index contributed by atoms with van der Waals surface area (Å²) in [4.78, 5) is 25.6. The van der Waals surface area contributed by atoms with Crippen molar-refractivity contribution in [3.63, 3.8) is 0 Å². The van der Waals surface area contributed by atoms with Crippen molar-refractivity contribution in [3.05, 3.63) is 12.3 Å². The molecule has 0 aliphatic heterocycles. The normalized spacial score (nSPS) is 15.6. The van der Waals surface area contributed by atoms with Crippen molar-refractivity contribution in [1.29, 1.82) is 0 Å². The first kappa shape index (κ1) is 18.8. The van der Waals surface area contributed by atoms with E-state index < -0.39 is 15.6 Å². The minimum absolute atomic E-state index is 0.669. The lowest BCUT2D eigenvalue weighted by molar-refractivity contribution is 0.216. The highest BCUT2D eigenvalue weighted by Crippen LogP contribution is 2.57.